The largest absolute Gasteiger partial charge is 0.393 e. The van der Waals surface area contributed by atoms with Gasteiger partial charge in [-0.3, -0.25) is 4.90 Å². The molecule has 3 heteroatoms. The topological polar surface area (TPSA) is 35.5 Å². The normalized spacial score (nSPS) is 34.0. The molecule has 3 unspecified atom stereocenters. The maximum atomic E-state index is 10.0. The van der Waals surface area contributed by atoms with Crippen LogP contribution in [0.4, 0.5) is 0 Å². The first-order valence-electron chi connectivity index (χ1n) is 9.42. The van der Waals surface area contributed by atoms with Crippen LogP contribution in [0.5, 0.6) is 0 Å². The van der Waals surface area contributed by atoms with Gasteiger partial charge in [-0.25, -0.2) is 0 Å². The van der Waals surface area contributed by atoms with E-state index in [4.69, 9.17) is 0 Å². The van der Waals surface area contributed by atoms with Crippen molar-refractivity contribution in [1.29, 1.82) is 0 Å². The number of nitrogens with one attached hydrogen (secondary N) is 1. The molecule has 3 nitrogen and oxygen atoms in total. The second-order valence-corrected chi connectivity index (χ2v) is 7.78. The van der Waals surface area contributed by atoms with E-state index in [-0.39, 0.29) is 6.10 Å². The number of aliphatic hydroxyl groups is 1. The van der Waals surface area contributed by atoms with Crippen molar-refractivity contribution in [2.75, 3.05) is 13.1 Å². The molecule has 0 bridgehead atoms. The molecular formula is C18H34N2O. The number of rotatable bonds is 6. The zero-order valence-electron chi connectivity index (χ0n) is 13.8. The molecule has 21 heavy (non-hydrogen) atoms. The van der Waals surface area contributed by atoms with E-state index in [1.807, 2.05) is 0 Å². The number of hydrogen-bond donors (Lipinski definition) is 2. The van der Waals surface area contributed by atoms with Crippen LogP contribution in [0, 0.1) is 5.92 Å². The molecule has 3 fully saturated rings. The summed E-state index contributed by atoms with van der Waals surface area (Å²) in [6.07, 6.45) is 12.9. The summed E-state index contributed by atoms with van der Waals surface area (Å²) in [4.78, 5) is 2.72. The summed E-state index contributed by atoms with van der Waals surface area (Å²) in [6, 6.07) is 2.29. The molecule has 1 aliphatic heterocycles. The van der Waals surface area contributed by atoms with E-state index in [1.54, 1.807) is 0 Å². The van der Waals surface area contributed by atoms with Gasteiger partial charge in [0.05, 0.1) is 6.10 Å². The summed E-state index contributed by atoms with van der Waals surface area (Å²) >= 11 is 0. The fourth-order valence-electron chi connectivity index (χ4n) is 4.42. The third-order valence-corrected chi connectivity index (χ3v) is 5.78. The molecule has 122 valence electrons. The van der Waals surface area contributed by atoms with Gasteiger partial charge >= 0.3 is 0 Å². The molecule has 3 aliphatic rings. The number of piperidine rings is 1. The van der Waals surface area contributed by atoms with Crippen molar-refractivity contribution in [3.8, 4) is 0 Å². The highest BCUT2D eigenvalue weighted by molar-refractivity contribution is 4.94. The molecular weight excluding hydrogens is 260 g/mol. The summed E-state index contributed by atoms with van der Waals surface area (Å²) in [6.45, 7) is 4.58. The first-order valence-corrected chi connectivity index (χ1v) is 9.42. The van der Waals surface area contributed by atoms with E-state index < -0.39 is 0 Å². The van der Waals surface area contributed by atoms with Crippen LogP contribution in [0.25, 0.3) is 0 Å². The quantitative estimate of drug-likeness (QED) is 0.790. The minimum absolute atomic E-state index is 0.0931. The smallest absolute Gasteiger partial charge is 0.0540 e. The lowest BCUT2D eigenvalue weighted by Gasteiger charge is -2.41. The maximum Gasteiger partial charge on any atom is 0.0540 e. The summed E-state index contributed by atoms with van der Waals surface area (Å²) in [7, 11) is 0. The van der Waals surface area contributed by atoms with Gasteiger partial charge in [-0.2, -0.15) is 0 Å². The van der Waals surface area contributed by atoms with Crippen molar-refractivity contribution in [3.05, 3.63) is 0 Å². The molecule has 0 radical (unpaired) electrons. The molecule has 3 atom stereocenters. The predicted octanol–water partition coefficient (Wildman–Crippen LogP) is 2.92. The van der Waals surface area contributed by atoms with Crippen LogP contribution >= 0.6 is 0 Å². The van der Waals surface area contributed by atoms with Gasteiger partial charge in [0.25, 0.3) is 0 Å². The van der Waals surface area contributed by atoms with Crippen LogP contribution in [-0.4, -0.2) is 47.3 Å². The van der Waals surface area contributed by atoms with Crippen molar-refractivity contribution >= 4 is 0 Å². The maximum absolute atomic E-state index is 10.0. The Balaban J connectivity index is 1.53. The van der Waals surface area contributed by atoms with Crippen LogP contribution in [-0.2, 0) is 0 Å². The second kappa shape index (κ2) is 7.43. The molecule has 1 saturated heterocycles. The van der Waals surface area contributed by atoms with Gasteiger partial charge in [0, 0.05) is 31.2 Å². The zero-order valence-corrected chi connectivity index (χ0v) is 13.8. The van der Waals surface area contributed by atoms with Crippen molar-refractivity contribution in [2.45, 2.75) is 95.4 Å². The van der Waals surface area contributed by atoms with Gasteiger partial charge < -0.3 is 10.4 Å². The highest BCUT2D eigenvalue weighted by Crippen LogP contribution is 2.33. The zero-order chi connectivity index (χ0) is 14.7. The average molecular weight is 294 g/mol. The second-order valence-electron chi connectivity index (χ2n) is 7.78. The van der Waals surface area contributed by atoms with Crippen molar-refractivity contribution in [3.63, 3.8) is 0 Å². The Kier molecular flexibility index (Phi) is 5.58. The lowest BCUT2D eigenvalue weighted by Crippen LogP contribution is -2.53. The third kappa shape index (κ3) is 4.67. The fraction of sp³-hybridized carbons (Fsp3) is 1.00. The van der Waals surface area contributed by atoms with Crippen LogP contribution in [0.1, 0.15) is 71.1 Å². The summed E-state index contributed by atoms with van der Waals surface area (Å²) in [5.74, 6) is 0.690. The van der Waals surface area contributed by atoms with Gasteiger partial charge in [0.15, 0.2) is 0 Å². The first kappa shape index (κ1) is 15.8. The highest BCUT2D eigenvalue weighted by Gasteiger charge is 2.37. The number of likely N-dealkylation sites (tertiary alicyclic amines) is 1. The van der Waals surface area contributed by atoms with Gasteiger partial charge in [0.2, 0.25) is 0 Å². The molecule has 2 aliphatic carbocycles. The van der Waals surface area contributed by atoms with E-state index in [2.05, 4.69) is 17.1 Å². The standard InChI is InChI=1S/C18H34N2O/c1-2-18(21)11-14-10-16(13-20(12-14)17-8-9-17)19-15-6-4-3-5-7-15/h14-19,21H,2-13H2,1H3. The molecule has 0 amide bonds. The average Bonchev–Trinajstić information content (AvgIpc) is 3.32. The van der Waals surface area contributed by atoms with E-state index >= 15 is 0 Å². The first-order chi connectivity index (χ1) is 10.2. The molecule has 2 saturated carbocycles. The minimum atomic E-state index is -0.0931. The van der Waals surface area contributed by atoms with Crippen LogP contribution in [0.15, 0.2) is 0 Å². The van der Waals surface area contributed by atoms with E-state index in [9.17, 15) is 5.11 Å². The van der Waals surface area contributed by atoms with Gasteiger partial charge in [-0.15, -0.1) is 0 Å². The summed E-state index contributed by atoms with van der Waals surface area (Å²) < 4.78 is 0. The molecule has 0 spiro atoms. The van der Waals surface area contributed by atoms with Crippen molar-refractivity contribution < 1.29 is 5.11 Å². The van der Waals surface area contributed by atoms with Crippen molar-refractivity contribution in [1.82, 2.24) is 10.2 Å². The lowest BCUT2D eigenvalue weighted by molar-refractivity contribution is 0.0761. The van der Waals surface area contributed by atoms with Crippen LogP contribution in [0.2, 0.25) is 0 Å². The lowest BCUT2D eigenvalue weighted by atomic mass is 9.87. The molecule has 3 rings (SSSR count). The monoisotopic (exact) mass is 294 g/mol. The Bertz CT molecular complexity index is 312. The Hall–Kier alpha value is -0.120. The molecule has 2 N–H and O–H groups in total. The predicted molar refractivity (Wildman–Crippen MR) is 87.4 cm³/mol. The Labute approximate surface area is 130 Å². The molecule has 0 aromatic rings. The van der Waals surface area contributed by atoms with E-state index in [0.717, 1.165) is 24.9 Å². The highest BCUT2D eigenvalue weighted by atomic mass is 16.3. The number of nitrogens with zero attached hydrogens (tertiary/aromatic N) is 1. The minimum Gasteiger partial charge on any atom is -0.393 e. The molecule has 0 aromatic heterocycles. The van der Waals surface area contributed by atoms with Gasteiger partial charge in [-0.05, 0) is 50.9 Å². The van der Waals surface area contributed by atoms with E-state index in [1.165, 1.54) is 64.5 Å². The fourth-order valence-corrected chi connectivity index (χ4v) is 4.42. The summed E-state index contributed by atoms with van der Waals surface area (Å²) in [5, 5.41) is 14.0. The van der Waals surface area contributed by atoms with Gasteiger partial charge in [-0.1, -0.05) is 26.2 Å². The Morgan fingerprint density at radius 2 is 1.81 bits per heavy atom. The summed E-state index contributed by atoms with van der Waals surface area (Å²) in [5.41, 5.74) is 0. The number of hydrogen-bond acceptors (Lipinski definition) is 3. The molecule has 0 aromatic carbocycles. The van der Waals surface area contributed by atoms with Gasteiger partial charge in [0.1, 0.15) is 0 Å². The Morgan fingerprint density at radius 3 is 2.48 bits per heavy atom. The third-order valence-electron chi connectivity index (χ3n) is 5.78. The molecule has 1 heterocycles. The SMILES string of the molecule is CCC(O)CC1CC(NC2CCCCC2)CN(C2CC2)C1. The van der Waals surface area contributed by atoms with E-state index in [0.29, 0.717) is 12.0 Å². The van der Waals surface area contributed by atoms with Crippen LogP contribution in [0.3, 0.4) is 0 Å². The Morgan fingerprint density at radius 1 is 1.05 bits per heavy atom. The van der Waals surface area contributed by atoms with Crippen molar-refractivity contribution in [2.24, 2.45) is 5.92 Å². The number of aliphatic hydroxyl groups excluding tert-OH is 1. The van der Waals surface area contributed by atoms with Crippen LogP contribution < -0.4 is 5.32 Å².